The van der Waals surface area contributed by atoms with E-state index in [4.69, 9.17) is 4.74 Å². The molecule has 0 aliphatic carbocycles. The van der Waals surface area contributed by atoms with E-state index >= 15 is 0 Å². The SMILES string of the molecule is O[C@H]1CCN(Cc2nc3ccc(Oc4ccc(C5=CC=NC5)cc4)cc3[nH]2)C1. The summed E-state index contributed by atoms with van der Waals surface area (Å²) < 4.78 is 6.02. The van der Waals surface area contributed by atoms with Crippen LogP contribution in [0.2, 0.25) is 0 Å². The van der Waals surface area contributed by atoms with E-state index in [2.05, 4.69) is 32.0 Å². The molecule has 1 fully saturated rings. The molecule has 142 valence electrons. The van der Waals surface area contributed by atoms with E-state index in [1.807, 2.05) is 42.6 Å². The van der Waals surface area contributed by atoms with Crippen molar-refractivity contribution in [3.63, 3.8) is 0 Å². The lowest BCUT2D eigenvalue weighted by atomic mass is 10.1. The molecule has 28 heavy (non-hydrogen) atoms. The van der Waals surface area contributed by atoms with Crippen LogP contribution in [0.3, 0.4) is 0 Å². The minimum atomic E-state index is -0.215. The minimum absolute atomic E-state index is 0.215. The van der Waals surface area contributed by atoms with Gasteiger partial charge in [-0.15, -0.1) is 0 Å². The highest BCUT2D eigenvalue weighted by Gasteiger charge is 2.21. The molecule has 6 nitrogen and oxygen atoms in total. The third-order valence-corrected chi connectivity index (χ3v) is 5.23. The fourth-order valence-corrected chi connectivity index (χ4v) is 3.75. The number of fused-ring (bicyclic) bond motifs is 1. The van der Waals surface area contributed by atoms with Gasteiger partial charge in [0.15, 0.2) is 0 Å². The molecule has 5 rings (SSSR count). The molecule has 1 aromatic heterocycles. The number of allylic oxidation sites excluding steroid dienone is 1. The van der Waals surface area contributed by atoms with E-state index in [1.54, 1.807) is 0 Å². The van der Waals surface area contributed by atoms with Crippen molar-refractivity contribution < 1.29 is 9.84 Å². The number of likely N-dealkylation sites (tertiary alicyclic amines) is 1. The first-order valence-electron chi connectivity index (χ1n) is 9.59. The maximum atomic E-state index is 9.67. The molecule has 2 aromatic carbocycles. The van der Waals surface area contributed by atoms with Crippen LogP contribution >= 0.6 is 0 Å². The summed E-state index contributed by atoms with van der Waals surface area (Å²) in [5.41, 5.74) is 4.27. The molecular formula is C22H22N4O2. The zero-order chi connectivity index (χ0) is 18.9. The highest BCUT2D eigenvalue weighted by atomic mass is 16.5. The van der Waals surface area contributed by atoms with Gasteiger partial charge in [-0.2, -0.15) is 0 Å². The number of imidazole rings is 1. The highest BCUT2D eigenvalue weighted by Crippen LogP contribution is 2.27. The molecular weight excluding hydrogens is 352 g/mol. The fourth-order valence-electron chi connectivity index (χ4n) is 3.75. The lowest BCUT2D eigenvalue weighted by Gasteiger charge is -2.12. The van der Waals surface area contributed by atoms with E-state index in [0.29, 0.717) is 6.54 Å². The maximum absolute atomic E-state index is 9.67. The minimum Gasteiger partial charge on any atom is -0.457 e. The van der Waals surface area contributed by atoms with Gasteiger partial charge in [0.05, 0.1) is 30.2 Å². The van der Waals surface area contributed by atoms with Crippen molar-refractivity contribution in [2.75, 3.05) is 19.6 Å². The first-order chi connectivity index (χ1) is 13.7. The van der Waals surface area contributed by atoms with Gasteiger partial charge in [-0.25, -0.2) is 4.98 Å². The third-order valence-electron chi connectivity index (χ3n) is 5.23. The van der Waals surface area contributed by atoms with Gasteiger partial charge >= 0.3 is 0 Å². The molecule has 1 atom stereocenters. The van der Waals surface area contributed by atoms with Crippen LogP contribution < -0.4 is 4.74 Å². The Kier molecular flexibility index (Phi) is 4.43. The predicted octanol–water partition coefficient (Wildman–Crippen LogP) is 3.39. The first-order valence-corrected chi connectivity index (χ1v) is 9.59. The number of aliphatic hydroxyl groups is 1. The van der Waals surface area contributed by atoms with E-state index in [0.717, 1.165) is 54.4 Å². The molecule has 0 unspecified atom stereocenters. The smallest absolute Gasteiger partial charge is 0.129 e. The molecule has 0 amide bonds. The summed E-state index contributed by atoms with van der Waals surface area (Å²) in [6, 6.07) is 14.0. The average Bonchev–Trinajstić information content (AvgIpc) is 3.43. The van der Waals surface area contributed by atoms with Crippen molar-refractivity contribution in [2.45, 2.75) is 19.1 Å². The van der Waals surface area contributed by atoms with Crippen LogP contribution in [0.5, 0.6) is 11.5 Å². The summed E-state index contributed by atoms with van der Waals surface area (Å²) in [5.74, 6) is 2.49. The van der Waals surface area contributed by atoms with Gasteiger partial charge < -0.3 is 14.8 Å². The van der Waals surface area contributed by atoms with Crippen molar-refractivity contribution in [1.82, 2.24) is 14.9 Å². The number of aliphatic hydroxyl groups excluding tert-OH is 1. The molecule has 2 aliphatic rings. The van der Waals surface area contributed by atoms with Crippen LogP contribution in [0.4, 0.5) is 0 Å². The number of hydrogen-bond acceptors (Lipinski definition) is 5. The van der Waals surface area contributed by atoms with Gasteiger partial charge in [0.1, 0.15) is 17.3 Å². The Bertz CT molecular complexity index is 1050. The summed E-state index contributed by atoms with van der Waals surface area (Å²) in [6.07, 6.45) is 4.51. The lowest BCUT2D eigenvalue weighted by molar-refractivity contribution is 0.174. The summed E-state index contributed by atoms with van der Waals surface area (Å²) in [6.45, 7) is 3.09. The Morgan fingerprint density at radius 1 is 1.14 bits per heavy atom. The van der Waals surface area contributed by atoms with Crippen molar-refractivity contribution in [2.24, 2.45) is 4.99 Å². The van der Waals surface area contributed by atoms with E-state index < -0.39 is 0 Å². The number of hydrogen-bond donors (Lipinski definition) is 2. The van der Waals surface area contributed by atoms with Crippen LogP contribution in [0.1, 0.15) is 17.8 Å². The number of H-pyrrole nitrogens is 1. The van der Waals surface area contributed by atoms with E-state index in [9.17, 15) is 5.11 Å². The van der Waals surface area contributed by atoms with E-state index in [1.165, 1.54) is 11.1 Å². The van der Waals surface area contributed by atoms with Crippen LogP contribution in [0, 0.1) is 0 Å². The zero-order valence-corrected chi connectivity index (χ0v) is 15.5. The molecule has 3 heterocycles. The van der Waals surface area contributed by atoms with Gasteiger partial charge in [-0.05, 0) is 47.9 Å². The third kappa shape index (κ3) is 3.56. The topological polar surface area (TPSA) is 73.7 Å². The highest BCUT2D eigenvalue weighted by molar-refractivity contribution is 5.89. The molecule has 1 saturated heterocycles. The molecule has 0 spiro atoms. The molecule has 0 radical (unpaired) electrons. The normalized spacial score (nSPS) is 19.5. The fraction of sp³-hybridized carbons (Fsp3) is 0.273. The molecule has 0 saturated carbocycles. The standard InChI is InChI=1S/C22H22N4O2/c27-17-8-10-26(13-17)14-22-24-20-6-5-19(11-21(20)25-22)28-18-3-1-15(2-4-18)16-7-9-23-12-16/h1-7,9,11,17,27H,8,10,12-14H2,(H,24,25)/t17-/m0/s1. The monoisotopic (exact) mass is 374 g/mol. The first kappa shape index (κ1) is 17.2. The van der Waals surface area contributed by atoms with Crippen molar-refractivity contribution >= 4 is 22.8 Å². The number of nitrogens with one attached hydrogen (secondary N) is 1. The molecule has 2 aliphatic heterocycles. The molecule has 0 bridgehead atoms. The van der Waals surface area contributed by atoms with Gasteiger partial charge in [0.2, 0.25) is 0 Å². The van der Waals surface area contributed by atoms with Gasteiger partial charge in [0.25, 0.3) is 0 Å². The van der Waals surface area contributed by atoms with Gasteiger partial charge in [-0.3, -0.25) is 9.89 Å². The van der Waals surface area contributed by atoms with Gasteiger partial charge in [0, 0.05) is 25.4 Å². The zero-order valence-electron chi connectivity index (χ0n) is 15.5. The Balaban J connectivity index is 1.29. The summed E-state index contributed by atoms with van der Waals surface area (Å²) in [5, 5.41) is 9.67. The Hall–Kier alpha value is -2.96. The van der Waals surface area contributed by atoms with Crippen LogP contribution in [0.25, 0.3) is 16.6 Å². The van der Waals surface area contributed by atoms with Crippen molar-refractivity contribution in [3.05, 3.63) is 59.9 Å². The second kappa shape index (κ2) is 7.22. The molecule has 6 heteroatoms. The maximum Gasteiger partial charge on any atom is 0.129 e. The second-order valence-electron chi connectivity index (χ2n) is 7.35. The Labute approximate surface area is 163 Å². The van der Waals surface area contributed by atoms with Crippen LogP contribution in [-0.4, -0.2) is 51.9 Å². The second-order valence-corrected chi connectivity index (χ2v) is 7.35. The average molecular weight is 374 g/mol. The number of aliphatic imine (C=N–C) groups is 1. The summed E-state index contributed by atoms with van der Waals surface area (Å²) >= 11 is 0. The Morgan fingerprint density at radius 2 is 2.00 bits per heavy atom. The Morgan fingerprint density at radius 3 is 2.75 bits per heavy atom. The quantitative estimate of drug-likeness (QED) is 0.718. The number of benzene rings is 2. The summed E-state index contributed by atoms with van der Waals surface area (Å²) in [4.78, 5) is 14.5. The van der Waals surface area contributed by atoms with Crippen LogP contribution in [0.15, 0.2) is 53.5 Å². The van der Waals surface area contributed by atoms with Crippen molar-refractivity contribution in [3.8, 4) is 11.5 Å². The number of aromatic nitrogens is 2. The number of β-amino-alcohol motifs (C(OH)–C–C–N with tert-alkyl or cyclic N) is 1. The number of nitrogens with zero attached hydrogens (tertiary/aromatic N) is 3. The predicted molar refractivity (Wildman–Crippen MR) is 110 cm³/mol. The molecule has 3 aromatic rings. The van der Waals surface area contributed by atoms with Gasteiger partial charge in [-0.1, -0.05) is 12.1 Å². The largest absolute Gasteiger partial charge is 0.457 e. The molecule has 2 N–H and O–H groups in total. The number of rotatable bonds is 5. The number of ether oxygens (including phenoxy) is 1. The summed E-state index contributed by atoms with van der Waals surface area (Å²) in [7, 11) is 0. The lowest BCUT2D eigenvalue weighted by Crippen LogP contribution is -2.22. The van der Waals surface area contributed by atoms with Crippen molar-refractivity contribution in [1.29, 1.82) is 0 Å². The van der Waals surface area contributed by atoms with Crippen LogP contribution in [-0.2, 0) is 6.54 Å². The number of aromatic amines is 1. The van der Waals surface area contributed by atoms with E-state index in [-0.39, 0.29) is 6.10 Å².